The van der Waals surface area contributed by atoms with Crippen molar-refractivity contribution in [2.75, 3.05) is 0 Å². The number of aryl methyl sites for hydroxylation is 1. The van der Waals surface area contributed by atoms with Crippen LogP contribution in [0.25, 0.3) is 0 Å². The van der Waals surface area contributed by atoms with Gasteiger partial charge in [0, 0.05) is 0 Å². The molecule has 1 rings (SSSR count). The van der Waals surface area contributed by atoms with Crippen LogP contribution in [0, 0.1) is 0 Å². The molecule has 1 aromatic carbocycles. The van der Waals surface area contributed by atoms with Crippen LogP contribution in [0.3, 0.4) is 0 Å². The van der Waals surface area contributed by atoms with Gasteiger partial charge in [-0.1, -0.05) is 37.6 Å². The molecule has 0 aromatic heterocycles. The van der Waals surface area contributed by atoms with E-state index in [-0.39, 0.29) is 0 Å². The molecular formula is C12H17N3O. The van der Waals surface area contributed by atoms with Crippen LogP contribution in [0.1, 0.15) is 31.4 Å². The number of carbonyl (C=O) groups excluding carboxylic acids is 1. The third-order valence-corrected chi connectivity index (χ3v) is 2.24. The molecule has 86 valence electrons. The smallest absolute Gasteiger partial charge is 0.332 e. The number of rotatable bonds is 4. The number of nitrogens with zero attached hydrogens (tertiary/aromatic N) is 1. The Morgan fingerprint density at radius 3 is 2.50 bits per heavy atom. The van der Waals surface area contributed by atoms with Gasteiger partial charge in [0.25, 0.3) is 0 Å². The number of carbonyl (C=O) groups is 1. The average Bonchev–Trinajstić information content (AvgIpc) is 2.27. The summed E-state index contributed by atoms with van der Waals surface area (Å²) in [5.41, 5.74) is 10.2. The lowest BCUT2D eigenvalue weighted by atomic mass is 10.1. The summed E-state index contributed by atoms with van der Waals surface area (Å²) in [6, 6.07) is 7.48. The number of primary amides is 1. The summed E-state index contributed by atoms with van der Waals surface area (Å²) in [6.45, 7) is 3.97. The molecule has 0 aliphatic carbocycles. The van der Waals surface area contributed by atoms with Crippen molar-refractivity contribution in [1.82, 2.24) is 5.43 Å². The minimum Gasteiger partial charge on any atom is -0.350 e. The lowest BCUT2D eigenvalue weighted by molar-refractivity contribution is 0.249. The van der Waals surface area contributed by atoms with Gasteiger partial charge >= 0.3 is 6.03 Å². The molecule has 0 bridgehead atoms. The van der Waals surface area contributed by atoms with E-state index in [1.54, 1.807) is 0 Å². The first-order valence-corrected chi connectivity index (χ1v) is 5.32. The van der Waals surface area contributed by atoms with Gasteiger partial charge in [0.1, 0.15) is 0 Å². The van der Waals surface area contributed by atoms with Gasteiger partial charge in [-0.3, -0.25) is 0 Å². The number of hydrogen-bond acceptors (Lipinski definition) is 2. The molecule has 1 aromatic rings. The molecule has 0 aliphatic rings. The fourth-order valence-corrected chi connectivity index (χ4v) is 1.40. The van der Waals surface area contributed by atoms with Crippen LogP contribution in [-0.2, 0) is 6.42 Å². The van der Waals surface area contributed by atoms with Crippen molar-refractivity contribution in [3.8, 4) is 0 Å². The molecule has 0 atom stereocenters. The Hall–Kier alpha value is -1.84. The number of nitrogens with one attached hydrogen (secondary N) is 1. The molecule has 0 aliphatic heterocycles. The Morgan fingerprint density at radius 2 is 2.00 bits per heavy atom. The van der Waals surface area contributed by atoms with Crippen LogP contribution < -0.4 is 11.2 Å². The van der Waals surface area contributed by atoms with Gasteiger partial charge in [0.15, 0.2) is 0 Å². The Kier molecular flexibility index (Phi) is 4.51. The summed E-state index contributed by atoms with van der Waals surface area (Å²) < 4.78 is 0. The first-order valence-electron chi connectivity index (χ1n) is 5.32. The molecule has 0 saturated heterocycles. The molecule has 16 heavy (non-hydrogen) atoms. The molecule has 0 radical (unpaired) electrons. The molecule has 0 heterocycles. The average molecular weight is 219 g/mol. The molecule has 2 amide bonds. The van der Waals surface area contributed by atoms with E-state index in [2.05, 4.69) is 29.6 Å². The van der Waals surface area contributed by atoms with Gasteiger partial charge in [-0.25, -0.2) is 10.2 Å². The highest BCUT2D eigenvalue weighted by Gasteiger charge is 1.98. The maximum Gasteiger partial charge on any atom is 0.332 e. The predicted octanol–water partition coefficient (Wildman–Crippen LogP) is 2.03. The highest BCUT2D eigenvalue weighted by molar-refractivity contribution is 5.99. The Morgan fingerprint density at radius 1 is 1.38 bits per heavy atom. The fraction of sp³-hybridized carbons (Fsp3) is 0.333. The zero-order chi connectivity index (χ0) is 12.0. The zero-order valence-corrected chi connectivity index (χ0v) is 9.66. The van der Waals surface area contributed by atoms with Crippen molar-refractivity contribution < 1.29 is 4.79 Å². The van der Waals surface area contributed by atoms with E-state index in [9.17, 15) is 4.79 Å². The summed E-state index contributed by atoms with van der Waals surface area (Å²) >= 11 is 0. The summed E-state index contributed by atoms with van der Waals surface area (Å²) in [5.74, 6) is 0. The first kappa shape index (κ1) is 12.2. The van der Waals surface area contributed by atoms with Gasteiger partial charge < -0.3 is 5.73 Å². The van der Waals surface area contributed by atoms with Crippen LogP contribution in [0.5, 0.6) is 0 Å². The lowest BCUT2D eigenvalue weighted by Crippen LogP contribution is -2.25. The normalized spacial score (nSPS) is 11.2. The third kappa shape index (κ3) is 3.73. The van der Waals surface area contributed by atoms with E-state index in [1.807, 2.05) is 19.1 Å². The second-order valence-electron chi connectivity index (χ2n) is 3.62. The van der Waals surface area contributed by atoms with Crippen molar-refractivity contribution in [3.63, 3.8) is 0 Å². The minimum absolute atomic E-state index is 0.651. The molecular weight excluding hydrogens is 202 g/mol. The van der Waals surface area contributed by atoms with E-state index in [1.165, 1.54) is 5.56 Å². The van der Waals surface area contributed by atoms with E-state index < -0.39 is 6.03 Å². The molecule has 0 saturated carbocycles. The SMILES string of the molecule is CCCc1ccc(C(C)=NNC(N)=O)cc1. The van der Waals surface area contributed by atoms with E-state index in [4.69, 9.17) is 5.73 Å². The number of hydrazone groups is 1. The largest absolute Gasteiger partial charge is 0.350 e. The molecule has 0 spiro atoms. The highest BCUT2D eigenvalue weighted by atomic mass is 16.2. The van der Waals surface area contributed by atoms with Gasteiger partial charge in [-0.2, -0.15) is 5.10 Å². The van der Waals surface area contributed by atoms with Gasteiger partial charge in [0.05, 0.1) is 5.71 Å². The molecule has 3 N–H and O–H groups in total. The van der Waals surface area contributed by atoms with Crippen molar-refractivity contribution in [2.24, 2.45) is 10.8 Å². The topological polar surface area (TPSA) is 67.5 Å². The van der Waals surface area contributed by atoms with Crippen LogP contribution in [0.4, 0.5) is 4.79 Å². The van der Waals surface area contributed by atoms with E-state index in [0.29, 0.717) is 0 Å². The molecule has 0 fully saturated rings. The second kappa shape index (κ2) is 5.90. The van der Waals surface area contributed by atoms with Crippen molar-refractivity contribution in [1.29, 1.82) is 0 Å². The summed E-state index contributed by atoms with van der Waals surface area (Å²) in [4.78, 5) is 10.5. The number of nitrogens with two attached hydrogens (primary N) is 1. The highest BCUT2D eigenvalue weighted by Crippen LogP contribution is 2.07. The Balaban J connectivity index is 2.73. The molecule has 0 unspecified atom stereocenters. The number of urea groups is 1. The van der Waals surface area contributed by atoms with Crippen LogP contribution in [-0.4, -0.2) is 11.7 Å². The zero-order valence-electron chi connectivity index (χ0n) is 9.66. The first-order chi connectivity index (χ1) is 7.63. The summed E-state index contributed by atoms with van der Waals surface area (Å²) in [6.07, 6.45) is 2.21. The quantitative estimate of drug-likeness (QED) is 0.590. The van der Waals surface area contributed by atoms with E-state index in [0.717, 1.165) is 24.1 Å². The summed E-state index contributed by atoms with van der Waals surface area (Å²) in [7, 11) is 0. The maximum absolute atomic E-state index is 10.5. The minimum atomic E-state index is -0.651. The van der Waals surface area contributed by atoms with Crippen molar-refractivity contribution in [3.05, 3.63) is 35.4 Å². The number of benzene rings is 1. The van der Waals surface area contributed by atoms with Crippen LogP contribution in [0.15, 0.2) is 29.4 Å². The predicted molar refractivity (Wildman–Crippen MR) is 65.4 cm³/mol. The number of amides is 2. The lowest BCUT2D eigenvalue weighted by Gasteiger charge is -2.03. The van der Waals surface area contributed by atoms with E-state index >= 15 is 0 Å². The third-order valence-electron chi connectivity index (χ3n) is 2.24. The summed E-state index contributed by atoms with van der Waals surface area (Å²) in [5, 5.41) is 3.86. The maximum atomic E-state index is 10.5. The Labute approximate surface area is 95.5 Å². The molecule has 4 heteroatoms. The second-order valence-corrected chi connectivity index (χ2v) is 3.62. The fourth-order valence-electron chi connectivity index (χ4n) is 1.40. The monoisotopic (exact) mass is 219 g/mol. The Bertz CT molecular complexity index is 382. The van der Waals surface area contributed by atoms with Crippen LogP contribution >= 0.6 is 0 Å². The van der Waals surface area contributed by atoms with Gasteiger partial charge in [0.2, 0.25) is 0 Å². The standard InChI is InChI=1S/C12H17N3O/c1-3-4-10-5-7-11(8-6-10)9(2)14-15-12(13)16/h5-8H,3-4H2,1-2H3,(H3,13,15,16). The van der Waals surface area contributed by atoms with Gasteiger partial charge in [-0.05, 0) is 24.5 Å². The number of hydrogen-bond donors (Lipinski definition) is 2. The van der Waals surface area contributed by atoms with Crippen molar-refractivity contribution in [2.45, 2.75) is 26.7 Å². The molecule has 4 nitrogen and oxygen atoms in total. The van der Waals surface area contributed by atoms with Crippen molar-refractivity contribution >= 4 is 11.7 Å². The van der Waals surface area contributed by atoms with Crippen LogP contribution in [0.2, 0.25) is 0 Å². The van der Waals surface area contributed by atoms with Gasteiger partial charge in [-0.15, -0.1) is 0 Å².